The number of benzene rings is 1. The van der Waals surface area contributed by atoms with Crippen LogP contribution in [0.1, 0.15) is 25.5 Å². The zero-order valence-electron chi connectivity index (χ0n) is 10.6. The van der Waals surface area contributed by atoms with Gasteiger partial charge in [-0.1, -0.05) is 13.0 Å². The largest absolute Gasteiger partial charge is 0.387 e. The summed E-state index contributed by atoms with van der Waals surface area (Å²) in [6.07, 6.45) is -0.825. The first-order valence-electron chi connectivity index (χ1n) is 5.98. The topological polar surface area (TPSA) is 32.3 Å². The lowest BCUT2D eigenvalue weighted by atomic mass is 10.1. The SMILES string of the molecule is CCSCC(C)NCC(O)c1ccc(F)c(F)c1. The van der Waals surface area contributed by atoms with E-state index in [1.807, 2.05) is 18.7 Å². The molecule has 0 saturated carbocycles. The van der Waals surface area contributed by atoms with Crippen molar-refractivity contribution in [3.63, 3.8) is 0 Å². The molecule has 1 rings (SSSR count). The summed E-state index contributed by atoms with van der Waals surface area (Å²) in [5.74, 6) is 0.186. The van der Waals surface area contributed by atoms with Gasteiger partial charge in [0.2, 0.25) is 0 Å². The first-order valence-corrected chi connectivity index (χ1v) is 7.14. The Hall–Kier alpha value is -0.650. The predicted octanol–water partition coefficient (Wildman–Crippen LogP) is 2.73. The third-order valence-corrected chi connectivity index (χ3v) is 3.70. The number of hydrogen-bond acceptors (Lipinski definition) is 3. The summed E-state index contributed by atoms with van der Waals surface area (Å²) < 4.78 is 25.7. The zero-order valence-corrected chi connectivity index (χ0v) is 11.4. The Morgan fingerprint density at radius 2 is 2.06 bits per heavy atom. The van der Waals surface area contributed by atoms with Crippen LogP contribution in [0.25, 0.3) is 0 Å². The molecule has 1 aromatic rings. The second-order valence-electron chi connectivity index (χ2n) is 4.16. The molecule has 2 unspecified atom stereocenters. The molecule has 5 heteroatoms. The minimum absolute atomic E-state index is 0.273. The van der Waals surface area contributed by atoms with Crippen LogP contribution in [-0.4, -0.2) is 29.2 Å². The van der Waals surface area contributed by atoms with Crippen molar-refractivity contribution < 1.29 is 13.9 Å². The van der Waals surface area contributed by atoms with Crippen LogP contribution >= 0.6 is 11.8 Å². The van der Waals surface area contributed by atoms with Gasteiger partial charge in [0.1, 0.15) is 0 Å². The highest BCUT2D eigenvalue weighted by Gasteiger charge is 2.12. The van der Waals surface area contributed by atoms with Crippen molar-refractivity contribution in [2.75, 3.05) is 18.1 Å². The fourth-order valence-electron chi connectivity index (χ4n) is 1.50. The number of aliphatic hydroxyl groups is 1. The molecule has 18 heavy (non-hydrogen) atoms. The monoisotopic (exact) mass is 275 g/mol. The van der Waals surface area contributed by atoms with E-state index < -0.39 is 17.7 Å². The Kier molecular flexibility index (Phi) is 6.60. The summed E-state index contributed by atoms with van der Waals surface area (Å²) in [6.45, 7) is 4.45. The van der Waals surface area contributed by atoms with E-state index in [1.165, 1.54) is 6.07 Å². The molecule has 102 valence electrons. The maximum absolute atomic E-state index is 13.0. The quantitative estimate of drug-likeness (QED) is 0.802. The molecule has 0 amide bonds. The van der Waals surface area contributed by atoms with Crippen LogP contribution in [0.4, 0.5) is 8.78 Å². The summed E-state index contributed by atoms with van der Waals surface area (Å²) in [4.78, 5) is 0. The second kappa shape index (κ2) is 7.71. The van der Waals surface area contributed by atoms with E-state index in [9.17, 15) is 13.9 Å². The van der Waals surface area contributed by atoms with E-state index in [0.29, 0.717) is 12.1 Å². The van der Waals surface area contributed by atoms with Gasteiger partial charge in [-0.25, -0.2) is 8.78 Å². The van der Waals surface area contributed by atoms with Crippen LogP contribution < -0.4 is 5.32 Å². The number of rotatable bonds is 7. The van der Waals surface area contributed by atoms with Crippen molar-refractivity contribution in [1.82, 2.24) is 5.32 Å². The number of hydrogen-bond donors (Lipinski definition) is 2. The molecule has 0 aromatic heterocycles. The van der Waals surface area contributed by atoms with Crippen LogP contribution in [0, 0.1) is 11.6 Å². The van der Waals surface area contributed by atoms with Crippen molar-refractivity contribution in [2.45, 2.75) is 26.0 Å². The number of thioether (sulfide) groups is 1. The van der Waals surface area contributed by atoms with E-state index in [2.05, 4.69) is 12.2 Å². The molecule has 0 fully saturated rings. The molecule has 2 atom stereocenters. The van der Waals surface area contributed by atoms with Crippen molar-refractivity contribution in [3.05, 3.63) is 35.4 Å². The van der Waals surface area contributed by atoms with Gasteiger partial charge in [0.25, 0.3) is 0 Å². The molecular formula is C13H19F2NOS. The maximum Gasteiger partial charge on any atom is 0.159 e. The van der Waals surface area contributed by atoms with Gasteiger partial charge in [0.15, 0.2) is 11.6 Å². The molecule has 0 saturated heterocycles. The van der Waals surface area contributed by atoms with Gasteiger partial charge in [0.05, 0.1) is 6.10 Å². The van der Waals surface area contributed by atoms with Crippen molar-refractivity contribution in [1.29, 1.82) is 0 Å². The highest BCUT2D eigenvalue weighted by Crippen LogP contribution is 2.16. The summed E-state index contributed by atoms with van der Waals surface area (Å²) in [5, 5.41) is 13.0. The summed E-state index contributed by atoms with van der Waals surface area (Å²) in [6, 6.07) is 3.74. The molecule has 0 spiro atoms. The Morgan fingerprint density at radius 3 is 2.67 bits per heavy atom. The van der Waals surface area contributed by atoms with Crippen molar-refractivity contribution in [2.24, 2.45) is 0 Å². The van der Waals surface area contributed by atoms with E-state index in [-0.39, 0.29) is 6.04 Å². The molecule has 0 aliphatic heterocycles. The second-order valence-corrected chi connectivity index (χ2v) is 5.48. The van der Waals surface area contributed by atoms with Gasteiger partial charge in [-0.3, -0.25) is 0 Å². The van der Waals surface area contributed by atoms with Gasteiger partial charge in [0, 0.05) is 18.3 Å². The molecule has 2 nitrogen and oxygen atoms in total. The first kappa shape index (κ1) is 15.4. The Morgan fingerprint density at radius 1 is 1.33 bits per heavy atom. The van der Waals surface area contributed by atoms with E-state index in [0.717, 1.165) is 23.6 Å². The third kappa shape index (κ3) is 4.92. The minimum atomic E-state index is -0.930. The Labute approximate surface area is 111 Å². The predicted molar refractivity (Wildman–Crippen MR) is 71.8 cm³/mol. The average Bonchev–Trinajstić information content (AvgIpc) is 2.36. The summed E-state index contributed by atoms with van der Waals surface area (Å²) >= 11 is 1.81. The smallest absolute Gasteiger partial charge is 0.159 e. The molecule has 0 heterocycles. The average molecular weight is 275 g/mol. The highest BCUT2D eigenvalue weighted by molar-refractivity contribution is 7.99. The van der Waals surface area contributed by atoms with Crippen LogP contribution in [-0.2, 0) is 0 Å². The molecule has 0 bridgehead atoms. The van der Waals surface area contributed by atoms with Crippen molar-refractivity contribution in [3.8, 4) is 0 Å². The van der Waals surface area contributed by atoms with Crippen LogP contribution in [0.2, 0.25) is 0 Å². The van der Waals surface area contributed by atoms with Gasteiger partial charge >= 0.3 is 0 Å². The molecular weight excluding hydrogens is 256 g/mol. The Bertz CT molecular complexity index is 376. The van der Waals surface area contributed by atoms with Crippen LogP contribution in [0.15, 0.2) is 18.2 Å². The Balaban J connectivity index is 2.44. The minimum Gasteiger partial charge on any atom is -0.387 e. The standard InChI is InChI=1S/C13H19F2NOS/c1-3-18-8-9(2)16-7-13(17)10-4-5-11(14)12(15)6-10/h4-6,9,13,16-17H,3,7-8H2,1-2H3. The van der Waals surface area contributed by atoms with E-state index in [1.54, 1.807) is 0 Å². The zero-order chi connectivity index (χ0) is 13.5. The van der Waals surface area contributed by atoms with Gasteiger partial charge in [-0.05, 0) is 30.4 Å². The molecule has 1 aromatic carbocycles. The van der Waals surface area contributed by atoms with E-state index >= 15 is 0 Å². The highest BCUT2D eigenvalue weighted by atomic mass is 32.2. The lowest BCUT2D eigenvalue weighted by molar-refractivity contribution is 0.171. The fourth-order valence-corrected chi connectivity index (χ4v) is 2.21. The molecule has 0 radical (unpaired) electrons. The molecule has 0 aliphatic carbocycles. The fraction of sp³-hybridized carbons (Fsp3) is 0.538. The van der Waals surface area contributed by atoms with Crippen LogP contribution in [0.3, 0.4) is 0 Å². The van der Waals surface area contributed by atoms with Crippen molar-refractivity contribution >= 4 is 11.8 Å². The van der Waals surface area contributed by atoms with Gasteiger partial charge in [-0.2, -0.15) is 11.8 Å². The summed E-state index contributed by atoms with van der Waals surface area (Å²) in [5.41, 5.74) is 0.386. The first-order chi connectivity index (χ1) is 8.54. The van der Waals surface area contributed by atoms with Gasteiger partial charge in [-0.15, -0.1) is 0 Å². The number of nitrogens with one attached hydrogen (secondary N) is 1. The molecule has 0 aliphatic rings. The third-order valence-electron chi connectivity index (χ3n) is 2.56. The number of halogens is 2. The van der Waals surface area contributed by atoms with Crippen LogP contribution in [0.5, 0.6) is 0 Å². The maximum atomic E-state index is 13.0. The van der Waals surface area contributed by atoms with Gasteiger partial charge < -0.3 is 10.4 Å². The molecule has 2 N–H and O–H groups in total. The number of aliphatic hydroxyl groups excluding tert-OH is 1. The lowest BCUT2D eigenvalue weighted by Gasteiger charge is -2.17. The normalized spacial score (nSPS) is 14.5. The van der Waals surface area contributed by atoms with E-state index in [4.69, 9.17) is 0 Å². The summed E-state index contributed by atoms with van der Waals surface area (Å²) in [7, 11) is 0. The lowest BCUT2D eigenvalue weighted by Crippen LogP contribution is -2.32.